The Kier molecular flexibility index (Phi) is 7.98. The maximum atomic E-state index is 15.5. The molecule has 1 atom stereocenters. The van der Waals surface area contributed by atoms with E-state index in [0.717, 1.165) is 19.6 Å². The number of nitriles is 1. The number of likely N-dealkylation sites (N-methyl/N-ethyl adjacent to an activating group) is 1. The number of methoxy groups -OCH3 is 2. The summed E-state index contributed by atoms with van der Waals surface area (Å²) in [6.07, 6.45) is 0. The van der Waals surface area contributed by atoms with Crippen molar-refractivity contribution in [3.8, 4) is 6.07 Å². The van der Waals surface area contributed by atoms with E-state index in [0.29, 0.717) is 24.3 Å². The second kappa shape index (κ2) is 11.4. The minimum atomic E-state index is -0.988. The molecule has 0 spiro atoms. The van der Waals surface area contributed by atoms with Gasteiger partial charge in [0.15, 0.2) is 0 Å². The second-order valence-corrected chi connectivity index (χ2v) is 8.89. The van der Waals surface area contributed by atoms with Gasteiger partial charge in [-0.15, -0.1) is 0 Å². The maximum absolute atomic E-state index is 15.5. The molecule has 10 heteroatoms. The summed E-state index contributed by atoms with van der Waals surface area (Å²) in [6.45, 7) is 6.02. The Labute approximate surface area is 221 Å². The molecule has 0 aromatic heterocycles. The van der Waals surface area contributed by atoms with Crippen LogP contribution in [0.15, 0.2) is 71.2 Å². The van der Waals surface area contributed by atoms with Crippen LogP contribution in [0.3, 0.4) is 0 Å². The highest BCUT2D eigenvalue weighted by molar-refractivity contribution is 6.06. The monoisotopic (exact) mass is 519 g/mol. The van der Waals surface area contributed by atoms with E-state index >= 15 is 4.39 Å². The number of esters is 2. The molecule has 198 valence electrons. The number of anilines is 2. The van der Waals surface area contributed by atoms with E-state index in [2.05, 4.69) is 17.9 Å². The van der Waals surface area contributed by atoms with E-state index in [1.165, 1.54) is 25.2 Å². The lowest BCUT2D eigenvalue weighted by atomic mass is 9.81. The van der Waals surface area contributed by atoms with Crippen molar-refractivity contribution in [2.75, 3.05) is 56.7 Å². The van der Waals surface area contributed by atoms with Crippen LogP contribution in [0.1, 0.15) is 18.4 Å². The Morgan fingerprint density at radius 2 is 1.71 bits per heavy atom. The third-order valence-corrected chi connectivity index (χ3v) is 6.96. The number of hydrogen-bond donors (Lipinski definition) is 1. The summed E-state index contributed by atoms with van der Waals surface area (Å²) >= 11 is 0. The SMILES string of the molecule is CCN1CCN(c2ccc(N3C(N)=C(C#N)C(c4ccccc4)C(C(=O)OC)=C3C(=O)OC)cc2F)CC1. The molecule has 4 rings (SSSR count). The van der Waals surface area contributed by atoms with Crippen molar-refractivity contribution in [2.45, 2.75) is 12.8 Å². The van der Waals surface area contributed by atoms with Crippen LogP contribution in [0.4, 0.5) is 15.8 Å². The zero-order valence-electron chi connectivity index (χ0n) is 21.6. The van der Waals surface area contributed by atoms with Crippen LogP contribution in [-0.4, -0.2) is 63.8 Å². The number of nitrogens with zero attached hydrogens (tertiary/aromatic N) is 4. The number of hydrogen-bond acceptors (Lipinski definition) is 9. The molecule has 2 aliphatic heterocycles. The van der Waals surface area contributed by atoms with Gasteiger partial charge < -0.3 is 25.0 Å². The molecule has 1 saturated heterocycles. The van der Waals surface area contributed by atoms with Crippen molar-refractivity contribution in [2.24, 2.45) is 5.73 Å². The fourth-order valence-electron chi connectivity index (χ4n) is 4.98. The van der Waals surface area contributed by atoms with Crippen molar-refractivity contribution in [3.05, 3.63) is 82.6 Å². The first-order valence-corrected chi connectivity index (χ1v) is 12.3. The van der Waals surface area contributed by atoms with Gasteiger partial charge >= 0.3 is 11.9 Å². The van der Waals surface area contributed by atoms with Crippen LogP contribution in [0, 0.1) is 17.1 Å². The first-order chi connectivity index (χ1) is 18.4. The van der Waals surface area contributed by atoms with Gasteiger partial charge in [-0.25, -0.2) is 14.0 Å². The summed E-state index contributed by atoms with van der Waals surface area (Å²) < 4.78 is 25.6. The maximum Gasteiger partial charge on any atom is 0.355 e. The Balaban J connectivity index is 1.87. The molecule has 9 nitrogen and oxygen atoms in total. The number of ether oxygens (including phenoxy) is 2. The molecular formula is C28H30FN5O4. The number of carbonyl (C=O) groups excluding carboxylic acids is 2. The summed E-state index contributed by atoms with van der Waals surface area (Å²) in [6, 6.07) is 15.3. The highest BCUT2D eigenvalue weighted by Crippen LogP contribution is 2.43. The third kappa shape index (κ3) is 4.80. The average Bonchev–Trinajstić information content (AvgIpc) is 2.96. The lowest BCUT2D eigenvalue weighted by Gasteiger charge is -2.37. The van der Waals surface area contributed by atoms with Crippen molar-refractivity contribution in [1.82, 2.24) is 4.90 Å². The Morgan fingerprint density at radius 3 is 2.26 bits per heavy atom. The zero-order valence-corrected chi connectivity index (χ0v) is 21.6. The first kappa shape index (κ1) is 26.7. The Bertz CT molecular complexity index is 1330. The standard InChI is InChI=1S/C28H30FN5O4/c1-4-32-12-14-33(15-13-32)22-11-10-19(16-21(22)29)34-25(28(36)38-3)24(27(35)37-2)23(20(17-30)26(34)31)18-8-6-5-7-9-18/h5-11,16,23H,4,12-15,31H2,1-3H3. The molecule has 1 fully saturated rings. The topological polar surface area (TPSA) is 112 Å². The minimum Gasteiger partial charge on any atom is -0.466 e. The summed E-state index contributed by atoms with van der Waals surface area (Å²) in [5.41, 5.74) is 7.28. The van der Waals surface area contributed by atoms with E-state index in [1.807, 2.05) is 4.90 Å². The van der Waals surface area contributed by atoms with Gasteiger partial charge in [0, 0.05) is 32.2 Å². The number of nitrogens with two attached hydrogens (primary N) is 1. The quantitative estimate of drug-likeness (QED) is 0.576. The van der Waals surface area contributed by atoms with E-state index in [9.17, 15) is 14.9 Å². The van der Waals surface area contributed by atoms with Crippen molar-refractivity contribution >= 4 is 23.3 Å². The molecule has 2 aromatic carbocycles. The molecule has 0 bridgehead atoms. The third-order valence-electron chi connectivity index (χ3n) is 6.96. The van der Waals surface area contributed by atoms with Gasteiger partial charge in [0.1, 0.15) is 17.3 Å². The zero-order chi connectivity index (χ0) is 27.4. The van der Waals surface area contributed by atoms with Gasteiger partial charge in [-0.05, 0) is 24.2 Å². The van der Waals surface area contributed by atoms with Crippen LogP contribution < -0.4 is 15.5 Å². The average molecular weight is 520 g/mol. The number of benzene rings is 2. The number of piperazine rings is 1. The molecular weight excluding hydrogens is 489 g/mol. The molecule has 0 radical (unpaired) electrons. The summed E-state index contributed by atoms with van der Waals surface area (Å²) in [5.74, 6) is -3.34. The molecule has 2 N–H and O–H groups in total. The normalized spacial score (nSPS) is 18.3. The van der Waals surface area contributed by atoms with Crippen LogP contribution in [0.5, 0.6) is 0 Å². The van der Waals surface area contributed by atoms with Crippen LogP contribution >= 0.6 is 0 Å². The fourth-order valence-corrected chi connectivity index (χ4v) is 4.98. The molecule has 2 aliphatic rings. The highest BCUT2D eigenvalue weighted by atomic mass is 19.1. The van der Waals surface area contributed by atoms with Gasteiger partial charge in [-0.3, -0.25) is 4.90 Å². The molecule has 1 unspecified atom stereocenters. The fraction of sp³-hybridized carbons (Fsp3) is 0.321. The molecule has 2 aromatic rings. The van der Waals surface area contributed by atoms with Gasteiger partial charge in [-0.1, -0.05) is 37.3 Å². The second-order valence-electron chi connectivity index (χ2n) is 8.89. The van der Waals surface area contributed by atoms with Crippen LogP contribution in [-0.2, 0) is 19.1 Å². The molecule has 38 heavy (non-hydrogen) atoms. The van der Waals surface area contributed by atoms with Crippen molar-refractivity contribution in [3.63, 3.8) is 0 Å². The predicted octanol–water partition coefficient (Wildman–Crippen LogP) is 2.87. The first-order valence-electron chi connectivity index (χ1n) is 12.3. The van der Waals surface area contributed by atoms with Crippen LogP contribution in [0.2, 0.25) is 0 Å². The smallest absolute Gasteiger partial charge is 0.355 e. The number of halogens is 1. The van der Waals surface area contributed by atoms with E-state index < -0.39 is 23.7 Å². The minimum absolute atomic E-state index is 0.0180. The van der Waals surface area contributed by atoms with Crippen LogP contribution in [0.25, 0.3) is 0 Å². The number of carbonyl (C=O) groups is 2. The molecule has 0 amide bonds. The van der Waals surface area contributed by atoms with Gasteiger partial charge in [0.25, 0.3) is 0 Å². The molecule has 0 aliphatic carbocycles. The van der Waals surface area contributed by atoms with E-state index in [4.69, 9.17) is 15.2 Å². The summed E-state index contributed by atoms with van der Waals surface area (Å²) in [7, 11) is 2.34. The van der Waals surface area contributed by atoms with Crippen molar-refractivity contribution in [1.29, 1.82) is 5.26 Å². The lowest BCUT2D eigenvalue weighted by molar-refractivity contribution is -0.139. The summed E-state index contributed by atoms with van der Waals surface area (Å²) in [5, 5.41) is 10.1. The van der Waals surface area contributed by atoms with Gasteiger partial charge in [0.2, 0.25) is 0 Å². The summed E-state index contributed by atoms with van der Waals surface area (Å²) in [4.78, 5) is 31.7. The largest absolute Gasteiger partial charge is 0.466 e. The molecule has 2 heterocycles. The van der Waals surface area contributed by atoms with E-state index in [1.54, 1.807) is 42.5 Å². The molecule has 0 saturated carbocycles. The predicted molar refractivity (Wildman–Crippen MR) is 140 cm³/mol. The lowest BCUT2D eigenvalue weighted by Crippen LogP contribution is -2.46. The number of allylic oxidation sites excluding steroid dienone is 1. The van der Waals surface area contributed by atoms with Gasteiger partial charge in [-0.2, -0.15) is 5.26 Å². The van der Waals surface area contributed by atoms with Crippen molar-refractivity contribution < 1.29 is 23.5 Å². The Morgan fingerprint density at radius 1 is 1.05 bits per heavy atom. The van der Waals surface area contributed by atoms with Gasteiger partial charge in [0.05, 0.1) is 48.7 Å². The van der Waals surface area contributed by atoms with E-state index in [-0.39, 0.29) is 28.4 Å². The number of rotatable bonds is 6. The highest BCUT2D eigenvalue weighted by Gasteiger charge is 2.43. The Hall–Kier alpha value is -4.36.